The number of amides is 1. The first kappa shape index (κ1) is 15.3. The van der Waals surface area contributed by atoms with Crippen molar-refractivity contribution in [3.05, 3.63) is 40.4 Å². The van der Waals surface area contributed by atoms with E-state index >= 15 is 0 Å². The Morgan fingerprint density at radius 3 is 2.74 bits per heavy atom. The number of carbonyl (C=O) groups is 2. The van der Waals surface area contributed by atoms with Gasteiger partial charge in [0.15, 0.2) is 6.61 Å². The van der Waals surface area contributed by atoms with Crippen LogP contribution in [-0.4, -0.2) is 25.0 Å². The van der Waals surface area contributed by atoms with E-state index in [4.69, 9.17) is 33.7 Å². The molecule has 0 spiro atoms. The van der Waals surface area contributed by atoms with Crippen LogP contribution < -0.4 is 11.1 Å². The fourth-order valence-electron chi connectivity index (χ4n) is 1.20. The molecule has 1 aromatic carbocycles. The van der Waals surface area contributed by atoms with Crippen molar-refractivity contribution in [1.82, 2.24) is 5.32 Å². The number of hydrogen-bond acceptors (Lipinski definition) is 4. The van der Waals surface area contributed by atoms with E-state index < -0.39 is 18.5 Å². The number of anilines is 1. The highest BCUT2D eigenvalue weighted by Gasteiger charge is 2.16. The Bertz CT molecular complexity index is 518. The van der Waals surface area contributed by atoms with Crippen molar-refractivity contribution < 1.29 is 14.3 Å². The van der Waals surface area contributed by atoms with Gasteiger partial charge in [0.05, 0.1) is 16.3 Å². The molecule has 0 saturated heterocycles. The second kappa shape index (κ2) is 7.01. The van der Waals surface area contributed by atoms with Crippen LogP contribution in [-0.2, 0) is 9.53 Å². The third-order valence-corrected chi connectivity index (χ3v) is 2.62. The Morgan fingerprint density at radius 1 is 1.42 bits per heavy atom. The first-order valence-corrected chi connectivity index (χ1v) is 6.00. The minimum Gasteiger partial charge on any atom is -0.452 e. The second-order valence-electron chi connectivity index (χ2n) is 3.52. The molecule has 0 bridgehead atoms. The summed E-state index contributed by atoms with van der Waals surface area (Å²) in [6.07, 6.45) is 1.51. The number of nitrogens with one attached hydrogen (secondary N) is 1. The monoisotopic (exact) mass is 302 g/mol. The molecular formula is C12H12Cl2N2O3. The van der Waals surface area contributed by atoms with Crippen LogP contribution in [0.5, 0.6) is 0 Å². The topological polar surface area (TPSA) is 81.4 Å². The van der Waals surface area contributed by atoms with Gasteiger partial charge in [-0.05, 0) is 12.1 Å². The number of hydrogen-bond donors (Lipinski definition) is 2. The molecule has 1 amide bonds. The quantitative estimate of drug-likeness (QED) is 0.495. The Balaban J connectivity index is 2.69. The summed E-state index contributed by atoms with van der Waals surface area (Å²) in [6.45, 7) is 3.31. The summed E-state index contributed by atoms with van der Waals surface area (Å²) >= 11 is 11.5. The molecule has 0 aliphatic carbocycles. The summed E-state index contributed by atoms with van der Waals surface area (Å²) in [5, 5.41) is 2.86. The smallest absolute Gasteiger partial charge is 0.340 e. The van der Waals surface area contributed by atoms with Crippen molar-refractivity contribution in [1.29, 1.82) is 0 Å². The molecule has 0 heterocycles. The summed E-state index contributed by atoms with van der Waals surface area (Å²) in [7, 11) is 0. The summed E-state index contributed by atoms with van der Waals surface area (Å²) < 4.78 is 4.80. The maximum absolute atomic E-state index is 11.7. The van der Waals surface area contributed by atoms with Crippen LogP contribution in [0.2, 0.25) is 10.0 Å². The standard InChI is InChI=1S/C12H12Cl2N2O3/c1-2-3-16-10(17)6-19-12(18)8-4-7(13)5-9(14)11(8)15/h2,4-5H,1,3,6,15H2,(H,16,17). The van der Waals surface area contributed by atoms with Gasteiger partial charge in [0.2, 0.25) is 0 Å². The highest BCUT2D eigenvalue weighted by Crippen LogP contribution is 2.27. The lowest BCUT2D eigenvalue weighted by molar-refractivity contribution is -0.124. The summed E-state index contributed by atoms with van der Waals surface area (Å²) in [5.74, 6) is -1.21. The number of benzene rings is 1. The van der Waals surface area contributed by atoms with E-state index in [1.54, 1.807) is 0 Å². The van der Waals surface area contributed by atoms with Gasteiger partial charge >= 0.3 is 5.97 Å². The van der Waals surface area contributed by atoms with Crippen molar-refractivity contribution in [3.8, 4) is 0 Å². The summed E-state index contributed by atoms with van der Waals surface area (Å²) in [6, 6.07) is 2.73. The van der Waals surface area contributed by atoms with Gasteiger partial charge in [0.1, 0.15) is 0 Å². The van der Waals surface area contributed by atoms with Gasteiger partial charge in [-0.2, -0.15) is 0 Å². The van der Waals surface area contributed by atoms with E-state index in [0.717, 1.165) is 0 Å². The van der Waals surface area contributed by atoms with Crippen molar-refractivity contribution in [3.63, 3.8) is 0 Å². The number of nitrogen functional groups attached to an aromatic ring is 1. The van der Waals surface area contributed by atoms with Crippen LogP contribution in [0.1, 0.15) is 10.4 Å². The maximum atomic E-state index is 11.7. The predicted octanol–water partition coefficient (Wildman–Crippen LogP) is 2.03. The predicted molar refractivity (Wildman–Crippen MR) is 74.4 cm³/mol. The van der Waals surface area contributed by atoms with Gasteiger partial charge in [-0.25, -0.2) is 4.79 Å². The lowest BCUT2D eigenvalue weighted by Gasteiger charge is -2.08. The molecule has 0 atom stereocenters. The molecule has 0 aliphatic heterocycles. The number of nitrogens with two attached hydrogens (primary N) is 1. The Morgan fingerprint density at radius 2 is 2.11 bits per heavy atom. The van der Waals surface area contributed by atoms with Gasteiger partial charge in [-0.1, -0.05) is 29.3 Å². The van der Waals surface area contributed by atoms with Crippen LogP contribution >= 0.6 is 23.2 Å². The third-order valence-electron chi connectivity index (χ3n) is 2.09. The second-order valence-corrected chi connectivity index (χ2v) is 4.36. The fraction of sp³-hybridized carbons (Fsp3) is 0.167. The molecule has 7 heteroatoms. The highest BCUT2D eigenvalue weighted by atomic mass is 35.5. The molecule has 3 N–H and O–H groups in total. The van der Waals surface area contributed by atoms with Crippen molar-refractivity contribution in [2.24, 2.45) is 0 Å². The normalized spacial score (nSPS) is 9.79. The van der Waals surface area contributed by atoms with Gasteiger partial charge < -0.3 is 15.8 Å². The van der Waals surface area contributed by atoms with E-state index in [0.29, 0.717) is 6.54 Å². The van der Waals surface area contributed by atoms with Crippen LogP contribution in [0.25, 0.3) is 0 Å². The van der Waals surface area contributed by atoms with Gasteiger partial charge in [0.25, 0.3) is 5.91 Å². The number of esters is 1. The number of carbonyl (C=O) groups excluding carboxylic acids is 2. The minimum atomic E-state index is -0.768. The molecule has 0 aliphatic rings. The zero-order valence-corrected chi connectivity index (χ0v) is 11.4. The van der Waals surface area contributed by atoms with Crippen molar-refractivity contribution >= 4 is 40.8 Å². The Labute approximate surface area is 120 Å². The van der Waals surface area contributed by atoms with E-state index in [1.165, 1.54) is 18.2 Å². The molecular weight excluding hydrogens is 291 g/mol. The van der Waals surface area contributed by atoms with Crippen LogP contribution in [0.3, 0.4) is 0 Å². The van der Waals surface area contributed by atoms with Gasteiger partial charge in [-0.3, -0.25) is 4.79 Å². The lowest BCUT2D eigenvalue weighted by atomic mass is 10.2. The first-order valence-electron chi connectivity index (χ1n) is 5.25. The Hall–Kier alpha value is -1.72. The average molecular weight is 303 g/mol. The Kier molecular flexibility index (Phi) is 5.66. The molecule has 1 aromatic rings. The molecule has 1 rings (SSSR count). The van der Waals surface area contributed by atoms with Crippen molar-refractivity contribution in [2.45, 2.75) is 0 Å². The molecule has 0 fully saturated rings. The van der Waals surface area contributed by atoms with Crippen LogP contribution in [0.15, 0.2) is 24.8 Å². The van der Waals surface area contributed by atoms with E-state index in [-0.39, 0.29) is 21.3 Å². The van der Waals surface area contributed by atoms with E-state index in [9.17, 15) is 9.59 Å². The average Bonchev–Trinajstić information content (AvgIpc) is 2.37. The maximum Gasteiger partial charge on any atom is 0.340 e. The molecule has 5 nitrogen and oxygen atoms in total. The van der Waals surface area contributed by atoms with E-state index in [1.807, 2.05) is 0 Å². The lowest BCUT2D eigenvalue weighted by Crippen LogP contribution is -2.28. The summed E-state index contributed by atoms with van der Waals surface area (Å²) in [4.78, 5) is 23.0. The highest BCUT2D eigenvalue weighted by molar-refractivity contribution is 6.37. The number of ether oxygens (including phenoxy) is 1. The SMILES string of the molecule is C=CCNC(=O)COC(=O)c1cc(Cl)cc(Cl)c1N. The molecule has 0 radical (unpaired) electrons. The largest absolute Gasteiger partial charge is 0.452 e. The zero-order valence-electron chi connectivity index (χ0n) is 9.91. The first-order chi connectivity index (χ1) is 8.95. The number of rotatable bonds is 5. The van der Waals surface area contributed by atoms with Gasteiger partial charge in [0, 0.05) is 11.6 Å². The van der Waals surface area contributed by atoms with Crippen LogP contribution in [0.4, 0.5) is 5.69 Å². The number of halogens is 2. The van der Waals surface area contributed by atoms with Crippen molar-refractivity contribution in [2.75, 3.05) is 18.9 Å². The molecule has 19 heavy (non-hydrogen) atoms. The molecule has 0 unspecified atom stereocenters. The molecule has 102 valence electrons. The van der Waals surface area contributed by atoms with E-state index in [2.05, 4.69) is 11.9 Å². The third kappa shape index (κ3) is 4.46. The molecule has 0 saturated carbocycles. The fourth-order valence-corrected chi connectivity index (χ4v) is 1.69. The minimum absolute atomic E-state index is 0.0222. The summed E-state index contributed by atoms with van der Waals surface area (Å²) in [5.41, 5.74) is 5.71. The zero-order chi connectivity index (χ0) is 14.4. The molecule has 0 aromatic heterocycles. The van der Waals surface area contributed by atoms with Crippen LogP contribution in [0, 0.1) is 0 Å². The van der Waals surface area contributed by atoms with Gasteiger partial charge in [-0.15, -0.1) is 6.58 Å².